The molecule has 0 aromatic carbocycles. The molecule has 0 bridgehead atoms. The lowest BCUT2D eigenvalue weighted by molar-refractivity contribution is -0.139. The fraction of sp³-hybridized carbons (Fsp3) is 0.545. The molecule has 1 spiro atoms. The zero-order chi connectivity index (χ0) is 20.6. The molecule has 154 valence electrons. The number of hydrogen-bond donors (Lipinski definition) is 0. The maximum atomic E-state index is 12.9. The maximum Gasteiger partial charge on any atom is 0.259 e. The van der Waals surface area contributed by atoms with Gasteiger partial charge in [0.1, 0.15) is 11.3 Å². The van der Waals surface area contributed by atoms with E-state index in [1.165, 1.54) is 0 Å². The Hall–Kier alpha value is -2.70. The normalized spacial score (nSPS) is 19.1. The zero-order valence-electron chi connectivity index (χ0n) is 17.4. The summed E-state index contributed by atoms with van der Waals surface area (Å²) in [6.45, 7) is 8.26. The second-order valence-electron chi connectivity index (χ2n) is 8.51. The van der Waals surface area contributed by atoms with Crippen LogP contribution in [0.3, 0.4) is 0 Å². The Kier molecular flexibility index (Phi) is 5.15. The summed E-state index contributed by atoms with van der Waals surface area (Å²) in [6, 6.07) is 5.93. The molecule has 4 heterocycles. The summed E-state index contributed by atoms with van der Waals surface area (Å²) >= 11 is 0. The van der Waals surface area contributed by atoms with Gasteiger partial charge in [-0.25, -0.2) is 0 Å². The highest BCUT2D eigenvalue weighted by Crippen LogP contribution is 2.41. The SMILES string of the molecule is Cc1cccc(CN2CC3(CCC2=O)CCN(C(=O)c2c(C)noc2C)CC3)n1. The van der Waals surface area contributed by atoms with Crippen molar-refractivity contribution < 1.29 is 14.1 Å². The van der Waals surface area contributed by atoms with Crippen LogP contribution in [0, 0.1) is 26.2 Å². The molecular weight excluding hydrogens is 368 g/mol. The summed E-state index contributed by atoms with van der Waals surface area (Å²) < 4.78 is 5.16. The quantitative estimate of drug-likeness (QED) is 0.797. The molecule has 0 unspecified atom stereocenters. The lowest BCUT2D eigenvalue weighted by atomic mass is 9.72. The lowest BCUT2D eigenvalue weighted by Gasteiger charge is -2.47. The molecule has 29 heavy (non-hydrogen) atoms. The van der Waals surface area contributed by atoms with Gasteiger partial charge in [-0.1, -0.05) is 11.2 Å². The fourth-order valence-electron chi connectivity index (χ4n) is 4.67. The smallest absolute Gasteiger partial charge is 0.259 e. The molecular formula is C22H28N4O3. The Morgan fingerprint density at radius 3 is 2.59 bits per heavy atom. The Labute approximate surface area is 171 Å². The van der Waals surface area contributed by atoms with Crippen molar-refractivity contribution >= 4 is 11.8 Å². The van der Waals surface area contributed by atoms with Gasteiger partial charge in [0, 0.05) is 31.7 Å². The summed E-state index contributed by atoms with van der Waals surface area (Å²) in [5.41, 5.74) is 3.22. The molecule has 7 heteroatoms. The zero-order valence-corrected chi connectivity index (χ0v) is 17.4. The number of pyridine rings is 1. The fourth-order valence-corrected chi connectivity index (χ4v) is 4.67. The Morgan fingerprint density at radius 2 is 1.93 bits per heavy atom. The molecule has 2 fully saturated rings. The van der Waals surface area contributed by atoms with E-state index in [2.05, 4.69) is 10.1 Å². The third-order valence-corrected chi connectivity index (χ3v) is 6.41. The van der Waals surface area contributed by atoms with E-state index in [0.29, 0.717) is 43.1 Å². The van der Waals surface area contributed by atoms with Crippen LogP contribution in [0.1, 0.15) is 58.9 Å². The standard InChI is InChI=1S/C22H28N4O3/c1-15-5-4-6-18(23-15)13-26-14-22(8-7-19(26)27)9-11-25(12-10-22)21(28)20-16(2)24-29-17(20)3/h4-6H,7-14H2,1-3H3. The average Bonchev–Trinajstić information content (AvgIpc) is 3.03. The van der Waals surface area contributed by atoms with Gasteiger partial charge in [0.05, 0.1) is 17.9 Å². The summed E-state index contributed by atoms with van der Waals surface area (Å²) in [4.78, 5) is 33.9. The Balaban J connectivity index is 1.42. The molecule has 2 aromatic heterocycles. The van der Waals surface area contributed by atoms with Crippen LogP contribution in [0.4, 0.5) is 0 Å². The monoisotopic (exact) mass is 396 g/mol. The predicted molar refractivity (Wildman–Crippen MR) is 107 cm³/mol. The van der Waals surface area contributed by atoms with Crippen molar-refractivity contribution in [2.24, 2.45) is 5.41 Å². The van der Waals surface area contributed by atoms with E-state index in [1.54, 1.807) is 13.8 Å². The van der Waals surface area contributed by atoms with Crippen LogP contribution in [0.25, 0.3) is 0 Å². The minimum Gasteiger partial charge on any atom is -0.361 e. The lowest BCUT2D eigenvalue weighted by Crippen LogP contribution is -2.52. The predicted octanol–water partition coefficient (Wildman–Crippen LogP) is 3.04. The van der Waals surface area contributed by atoms with Gasteiger partial charge in [-0.2, -0.15) is 0 Å². The first-order valence-corrected chi connectivity index (χ1v) is 10.3. The number of aromatic nitrogens is 2. The van der Waals surface area contributed by atoms with Crippen molar-refractivity contribution in [2.75, 3.05) is 19.6 Å². The highest BCUT2D eigenvalue weighted by atomic mass is 16.5. The van der Waals surface area contributed by atoms with E-state index in [0.717, 1.165) is 37.2 Å². The first-order valence-electron chi connectivity index (χ1n) is 10.3. The highest BCUT2D eigenvalue weighted by molar-refractivity contribution is 5.96. The van der Waals surface area contributed by atoms with Gasteiger partial charge in [-0.3, -0.25) is 14.6 Å². The van der Waals surface area contributed by atoms with Crippen LogP contribution in [0.5, 0.6) is 0 Å². The third kappa shape index (κ3) is 3.91. The second-order valence-corrected chi connectivity index (χ2v) is 8.51. The highest BCUT2D eigenvalue weighted by Gasteiger charge is 2.42. The molecule has 2 amide bonds. The van der Waals surface area contributed by atoms with E-state index >= 15 is 0 Å². The van der Waals surface area contributed by atoms with Gasteiger partial charge in [0.15, 0.2) is 0 Å². The van der Waals surface area contributed by atoms with Crippen LogP contribution in [0.15, 0.2) is 22.7 Å². The Bertz CT molecular complexity index is 908. The van der Waals surface area contributed by atoms with Gasteiger partial charge in [0.2, 0.25) is 5.91 Å². The molecule has 7 nitrogen and oxygen atoms in total. The molecule has 2 aromatic rings. The van der Waals surface area contributed by atoms with Crippen LogP contribution < -0.4 is 0 Å². The summed E-state index contributed by atoms with van der Waals surface area (Å²) in [6.07, 6.45) is 3.29. The van der Waals surface area contributed by atoms with Crippen molar-refractivity contribution in [3.63, 3.8) is 0 Å². The van der Waals surface area contributed by atoms with Crippen molar-refractivity contribution in [2.45, 2.75) is 53.0 Å². The number of rotatable bonds is 3. The molecule has 0 aliphatic carbocycles. The maximum absolute atomic E-state index is 12.9. The topological polar surface area (TPSA) is 79.5 Å². The number of carbonyl (C=O) groups is 2. The largest absolute Gasteiger partial charge is 0.361 e. The number of hydrogen-bond acceptors (Lipinski definition) is 5. The molecule has 0 atom stereocenters. The van der Waals surface area contributed by atoms with Crippen LogP contribution in [-0.2, 0) is 11.3 Å². The van der Waals surface area contributed by atoms with Crippen LogP contribution >= 0.6 is 0 Å². The van der Waals surface area contributed by atoms with E-state index < -0.39 is 0 Å². The Morgan fingerprint density at radius 1 is 1.17 bits per heavy atom. The molecule has 0 N–H and O–H groups in total. The van der Waals surface area contributed by atoms with Gasteiger partial charge < -0.3 is 14.3 Å². The number of likely N-dealkylation sites (tertiary alicyclic amines) is 2. The number of piperidine rings is 2. The number of carbonyl (C=O) groups excluding carboxylic acids is 2. The van der Waals surface area contributed by atoms with Gasteiger partial charge >= 0.3 is 0 Å². The van der Waals surface area contributed by atoms with Crippen molar-refractivity contribution in [1.29, 1.82) is 0 Å². The van der Waals surface area contributed by atoms with Crippen molar-refractivity contribution in [3.05, 3.63) is 46.6 Å². The summed E-state index contributed by atoms with van der Waals surface area (Å²) in [5, 5.41) is 3.91. The van der Waals surface area contributed by atoms with Crippen LogP contribution in [0.2, 0.25) is 0 Å². The number of aryl methyl sites for hydroxylation is 3. The third-order valence-electron chi connectivity index (χ3n) is 6.41. The van der Waals surface area contributed by atoms with Crippen LogP contribution in [-0.4, -0.2) is 51.4 Å². The van der Waals surface area contributed by atoms with Gasteiger partial charge in [-0.05, 0) is 57.6 Å². The first kappa shape index (κ1) is 19.6. The van der Waals surface area contributed by atoms with E-state index in [-0.39, 0.29) is 17.2 Å². The summed E-state index contributed by atoms with van der Waals surface area (Å²) in [7, 11) is 0. The van der Waals surface area contributed by atoms with E-state index in [4.69, 9.17) is 4.52 Å². The molecule has 0 saturated carbocycles. The van der Waals surface area contributed by atoms with Gasteiger partial charge in [0.25, 0.3) is 5.91 Å². The number of amides is 2. The molecule has 2 saturated heterocycles. The molecule has 2 aliphatic rings. The van der Waals surface area contributed by atoms with Crippen molar-refractivity contribution in [3.8, 4) is 0 Å². The minimum absolute atomic E-state index is 0.00352. The second kappa shape index (κ2) is 7.61. The van der Waals surface area contributed by atoms with E-state index in [1.807, 2.05) is 34.9 Å². The average molecular weight is 396 g/mol. The van der Waals surface area contributed by atoms with E-state index in [9.17, 15) is 9.59 Å². The van der Waals surface area contributed by atoms with Crippen molar-refractivity contribution in [1.82, 2.24) is 19.9 Å². The first-order chi connectivity index (χ1) is 13.9. The minimum atomic E-state index is 0.00352. The summed E-state index contributed by atoms with van der Waals surface area (Å²) in [5.74, 6) is 0.782. The number of nitrogens with zero attached hydrogens (tertiary/aromatic N) is 4. The molecule has 4 rings (SSSR count). The molecule has 2 aliphatic heterocycles. The van der Waals surface area contributed by atoms with Gasteiger partial charge in [-0.15, -0.1) is 0 Å². The molecule has 0 radical (unpaired) electrons.